The summed E-state index contributed by atoms with van der Waals surface area (Å²) in [6.07, 6.45) is 2.70. The summed E-state index contributed by atoms with van der Waals surface area (Å²) in [4.78, 5) is 25.3. The van der Waals surface area contributed by atoms with Gasteiger partial charge in [-0.2, -0.15) is 0 Å². The second-order valence-corrected chi connectivity index (χ2v) is 6.36. The molecular formula is C17H21FN2O2. The summed E-state index contributed by atoms with van der Waals surface area (Å²) >= 11 is 0. The highest BCUT2D eigenvalue weighted by Crippen LogP contribution is 2.32. The van der Waals surface area contributed by atoms with Gasteiger partial charge in [0.05, 0.1) is 5.92 Å². The number of nitrogens with zero attached hydrogens (tertiary/aromatic N) is 1. The van der Waals surface area contributed by atoms with Crippen LogP contribution < -0.4 is 5.32 Å². The average molecular weight is 304 g/mol. The van der Waals surface area contributed by atoms with Crippen molar-refractivity contribution >= 4 is 11.8 Å². The summed E-state index contributed by atoms with van der Waals surface area (Å²) < 4.78 is 14.5. The van der Waals surface area contributed by atoms with Gasteiger partial charge in [-0.3, -0.25) is 14.9 Å². The molecule has 1 atom stereocenters. The number of hydrogen-bond donors (Lipinski definition) is 1. The first-order valence-corrected chi connectivity index (χ1v) is 7.86. The minimum atomic E-state index is -0.418. The van der Waals surface area contributed by atoms with Gasteiger partial charge in [0.25, 0.3) is 0 Å². The number of likely N-dealkylation sites (tertiary alicyclic amines) is 1. The molecule has 4 nitrogen and oxygen atoms in total. The number of benzene rings is 1. The molecule has 0 aromatic heterocycles. The smallest absolute Gasteiger partial charge is 0.234 e. The van der Waals surface area contributed by atoms with Crippen molar-refractivity contribution in [2.75, 3.05) is 20.1 Å². The number of carbonyl (C=O) groups excluding carboxylic acids is 2. The molecule has 0 aliphatic carbocycles. The van der Waals surface area contributed by atoms with Gasteiger partial charge in [0.15, 0.2) is 0 Å². The van der Waals surface area contributed by atoms with E-state index < -0.39 is 5.92 Å². The molecule has 1 N–H and O–H groups in total. The predicted octanol–water partition coefficient (Wildman–Crippen LogP) is 2.16. The van der Waals surface area contributed by atoms with Gasteiger partial charge in [-0.25, -0.2) is 4.39 Å². The van der Waals surface area contributed by atoms with E-state index in [4.69, 9.17) is 0 Å². The zero-order valence-electron chi connectivity index (χ0n) is 12.8. The van der Waals surface area contributed by atoms with Gasteiger partial charge < -0.3 is 4.90 Å². The molecule has 0 saturated carbocycles. The van der Waals surface area contributed by atoms with Crippen molar-refractivity contribution in [3.63, 3.8) is 0 Å². The van der Waals surface area contributed by atoms with Gasteiger partial charge in [-0.05, 0) is 62.5 Å². The van der Waals surface area contributed by atoms with E-state index >= 15 is 0 Å². The number of amides is 2. The minimum Gasteiger partial charge on any atom is -0.306 e. The summed E-state index contributed by atoms with van der Waals surface area (Å²) in [7, 11) is 2.08. The van der Waals surface area contributed by atoms with E-state index in [2.05, 4.69) is 17.3 Å². The Morgan fingerprint density at radius 2 is 1.91 bits per heavy atom. The van der Waals surface area contributed by atoms with Gasteiger partial charge in [-0.15, -0.1) is 0 Å². The molecule has 118 valence electrons. The lowest BCUT2D eigenvalue weighted by Crippen LogP contribution is -2.39. The Morgan fingerprint density at radius 3 is 2.55 bits per heavy atom. The highest BCUT2D eigenvalue weighted by molar-refractivity contribution is 6.00. The molecule has 5 heteroatoms. The van der Waals surface area contributed by atoms with E-state index in [1.165, 1.54) is 6.07 Å². The molecule has 22 heavy (non-hydrogen) atoms. The van der Waals surface area contributed by atoms with Crippen LogP contribution in [-0.2, 0) is 9.59 Å². The van der Waals surface area contributed by atoms with Crippen molar-refractivity contribution in [2.24, 2.45) is 0 Å². The lowest BCUT2D eigenvalue weighted by atomic mass is 9.85. The third-order valence-electron chi connectivity index (χ3n) is 4.82. The number of nitrogens with one attached hydrogen (secondary N) is 1. The van der Waals surface area contributed by atoms with Crippen LogP contribution in [0.3, 0.4) is 0 Å². The molecule has 1 unspecified atom stereocenters. The Balaban J connectivity index is 1.77. The van der Waals surface area contributed by atoms with Crippen molar-refractivity contribution in [1.29, 1.82) is 0 Å². The molecule has 2 aliphatic heterocycles. The van der Waals surface area contributed by atoms with E-state index in [0.717, 1.165) is 31.5 Å². The highest BCUT2D eigenvalue weighted by atomic mass is 19.1. The molecule has 3 rings (SSSR count). The molecular weight excluding hydrogens is 283 g/mol. The van der Waals surface area contributed by atoms with Crippen molar-refractivity contribution < 1.29 is 14.0 Å². The van der Waals surface area contributed by atoms with Gasteiger partial charge in [-0.1, -0.05) is 12.1 Å². The van der Waals surface area contributed by atoms with E-state index in [0.29, 0.717) is 18.4 Å². The van der Waals surface area contributed by atoms with Gasteiger partial charge in [0.1, 0.15) is 5.82 Å². The average Bonchev–Trinajstić information content (AvgIpc) is 2.48. The van der Waals surface area contributed by atoms with Crippen LogP contribution in [-0.4, -0.2) is 36.9 Å². The summed E-state index contributed by atoms with van der Waals surface area (Å²) in [6, 6.07) is 5.15. The van der Waals surface area contributed by atoms with Gasteiger partial charge in [0.2, 0.25) is 11.8 Å². The molecule has 2 heterocycles. The quantitative estimate of drug-likeness (QED) is 0.852. The fourth-order valence-corrected chi connectivity index (χ4v) is 3.42. The molecule has 0 radical (unpaired) electrons. The summed E-state index contributed by atoms with van der Waals surface area (Å²) in [6.45, 7) is 1.97. The Bertz CT molecular complexity index is 594. The van der Waals surface area contributed by atoms with Crippen molar-refractivity contribution in [3.05, 3.63) is 35.1 Å². The first-order chi connectivity index (χ1) is 10.5. The van der Waals surface area contributed by atoms with Crippen LogP contribution in [0.25, 0.3) is 0 Å². The first-order valence-electron chi connectivity index (χ1n) is 7.86. The summed E-state index contributed by atoms with van der Waals surface area (Å²) in [5, 5.41) is 2.32. The number of rotatable bonds is 2. The third kappa shape index (κ3) is 3.04. The number of carbonyl (C=O) groups is 2. The maximum Gasteiger partial charge on any atom is 0.234 e. The number of halogens is 1. The minimum absolute atomic E-state index is 0.225. The molecule has 2 aliphatic rings. The van der Waals surface area contributed by atoms with E-state index in [1.54, 1.807) is 0 Å². The molecule has 2 fully saturated rings. The lowest BCUT2D eigenvalue weighted by molar-refractivity contribution is -0.134. The van der Waals surface area contributed by atoms with Crippen LogP contribution in [0.1, 0.15) is 48.6 Å². The maximum atomic E-state index is 14.5. The molecule has 1 aromatic carbocycles. The Labute approximate surface area is 129 Å². The Morgan fingerprint density at radius 1 is 1.18 bits per heavy atom. The molecule has 0 bridgehead atoms. The summed E-state index contributed by atoms with van der Waals surface area (Å²) in [5.74, 6) is -0.949. The highest BCUT2D eigenvalue weighted by Gasteiger charge is 2.29. The van der Waals surface area contributed by atoms with Crippen LogP contribution in [0.15, 0.2) is 18.2 Å². The second kappa shape index (κ2) is 6.16. The zero-order chi connectivity index (χ0) is 15.7. The van der Waals surface area contributed by atoms with Gasteiger partial charge >= 0.3 is 0 Å². The lowest BCUT2D eigenvalue weighted by Gasteiger charge is -2.29. The number of hydrogen-bond acceptors (Lipinski definition) is 3. The van der Waals surface area contributed by atoms with Crippen LogP contribution in [0, 0.1) is 5.82 Å². The predicted molar refractivity (Wildman–Crippen MR) is 81.0 cm³/mol. The maximum absolute atomic E-state index is 14.5. The zero-order valence-corrected chi connectivity index (χ0v) is 12.8. The van der Waals surface area contributed by atoms with E-state index in [-0.39, 0.29) is 23.5 Å². The molecule has 2 amide bonds. The Kier molecular flexibility index (Phi) is 4.25. The molecule has 2 saturated heterocycles. The van der Waals surface area contributed by atoms with Crippen LogP contribution >= 0.6 is 0 Å². The van der Waals surface area contributed by atoms with Crippen LogP contribution in [0.2, 0.25) is 0 Å². The van der Waals surface area contributed by atoms with Crippen LogP contribution in [0.4, 0.5) is 4.39 Å². The number of imide groups is 1. The van der Waals surface area contributed by atoms with Gasteiger partial charge in [0, 0.05) is 6.42 Å². The summed E-state index contributed by atoms with van der Waals surface area (Å²) in [5.41, 5.74) is 1.42. The third-order valence-corrected chi connectivity index (χ3v) is 4.82. The fraction of sp³-hybridized carbons (Fsp3) is 0.529. The van der Waals surface area contributed by atoms with Crippen molar-refractivity contribution in [3.8, 4) is 0 Å². The molecule has 1 aromatic rings. The monoisotopic (exact) mass is 304 g/mol. The Hall–Kier alpha value is -1.75. The number of piperidine rings is 2. The van der Waals surface area contributed by atoms with Crippen LogP contribution in [0.5, 0.6) is 0 Å². The fourth-order valence-electron chi connectivity index (χ4n) is 3.42. The standard InChI is InChI=1S/C17H21FN2O2/c1-20-8-6-11(7-9-20)13-3-2-12(10-15(13)18)14-4-5-16(21)19-17(14)22/h2-3,10-11,14H,4-9H2,1H3,(H,19,21,22). The van der Waals surface area contributed by atoms with Crippen molar-refractivity contribution in [2.45, 2.75) is 37.5 Å². The normalized spacial score (nSPS) is 24.4. The SMILES string of the molecule is CN1CCC(c2ccc(C3CCC(=O)NC3=O)cc2F)CC1. The van der Waals surface area contributed by atoms with Crippen molar-refractivity contribution in [1.82, 2.24) is 10.2 Å². The second-order valence-electron chi connectivity index (χ2n) is 6.36. The largest absolute Gasteiger partial charge is 0.306 e. The molecule has 0 spiro atoms. The topological polar surface area (TPSA) is 49.4 Å². The van der Waals surface area contributed by atoms with E-state index in [9.17, 15) is 14.0 Å². The first kappa shape index (κ1) is 15.2. The van der Waals surface area contributed by atoms with E-state index in [1.807, 2.05) is 12.1 Å².